The summed E-state index contributed by atoms with van der Waals surface area (Å²) < 4.78 is 0. The highest BCUT2D eigenvalue weighted by Gasteiger charge is 2.10. The molecule has 4 nitrogen and oxygen atoms in total. The minimum atomic E-state index is 0.333. The molecule has 4 heteroatoms. The molecule has 0 aromatic heterocycles. The van der Waals surface area contributed by atoms with Gasteiger partial charge in [-0.3, -0.25) is 0 Å². The second kappa shape index (κ2) is 29.1. The van der Waals surface area contributed by atoms with E-state index in [-0.39, 0.29) is 0 Å². The van der Waals surface area contributed by atoms with E-state index in [9.17, 15) is 0 Å². The van der Waals surface area contributed by atoms with Crippen LogP contribution in [0.15, 0.2) is 0 Å². The van der Waals surface area contributed by atoms with Crippen LogP contribution in [0, 0.1) is 0 Å². The van der Waals surface area contributed by atoms with E-state index >= 15 is 0 Å². The number of aliphatic hydroxyl groups is 2. The molecule has 0 bridgehead atoms. The molecule has 0 amide bonds. The van der Waals surface area contributed by atoms with Crippen molar-refractivity contribution in [3.05, 3.63) is 0 Å². The zero-order chi connectivity index (χ0) is 25.0. The van der Waals surface area contributed by atoms with Crippen LogP contribution in [-0.2, 0) is 0 Å². The molecule has 0 aliphatic carbocycles. The molecular formula is C30H64N2O2. The number of hydrogen-bond donors (Lipinski definition) is 4. The van der Waals surface area contributed by atoms with Crippen LogP contribution >= 0.6 is 0 Å². The monoisotopic (exact) mass is 484 g/mol. The zero-order valence-electron chi connectivity index (χ0n) is 23.4. The second-order valence-electron chi connectivity index (χ2n) is 10.6. The summed E-state index contributed by atoms with van der Waals surface area (Å²) in [5.74, 6) is 0. The molecule has 2 atom stereocenters. The number of nitrogens with one attached hydrogen (secondary N) is 2. The van der Waals surface area contributed by atoms with Crippen LogP contribution in [0.5, 0.6) is 0 Å². The van der Waals surface area contributed by atoms with E-state index in [4.69, 9.17) is 10.2 Å². The Morgan fingerprint density at radius 1 is 0.412 bits per heavy atom. The Hall–Kier alpha value is -0.160. The third-order valence-corrected chi connectivity index (χ3v) is 7.20. The fraction of sp³-hybridized carbons (Fsp3) is 1.00. The normalized spacial score (nSPS) is 13.4. The molecule has 4 N–H and O–H groups in total. The summed E-state index contributed by atoms with van der Waals surface area (Å²) in [7, 11) is 0. The predicted octanol–water partition coefficient (Wildman–Crippen LogP) is 7.51. The Morgan fingerprint density at radius 3 is 1.06 bits per heavy atom. The van der Waals surface area contributed by atoms with E-state index in [1.165, 1.54) is 116 Å². The summed E-state index contributed by atoms with van der Waals surface area (Å²) >= 11 is 0. The van der Waals surface area contributed by atoms with Gasteiger partial charge in [0.05, 0.1) is 0 Å². The van der Waals surface area contributed by atoms with Gasteiger partial charge in [0.25, 0.3) is 0 Å². The lowest BCUT2D eigenvalue weighted by molar-refractivity contribution is 0.281. The highest BCUT2D eigenvalue weighted by molar-refractivity contribution is 4.70. The molecule has 2 unspecified atom stereocenters. The lowest BCUT2D eigenvalue weighted by Crippen LogP contribution is -2.30. The van der Waals surface area contributed by atoms with E-state index in [0.29, 0.717) is 25.3 Å². The van der Waals surface area contributed by atoms with Gasteiger partial charge < -0.3 is 20.8 Å². The van der Waals surface area contributed by atoms with Crippen molar-refractivity contribution in [1.82, 2.24) is 10.6 Å². The molecule has 0 radical (unpaired) electrons. The Morgan fingerprint density at radius 2 is 0.735 bits per heavy atom. The van der Waals surface area contributed by atoms with Crippen molar-refractivity contribution in [3.63, 3.8) is 0 Å². The SMILES string of the molecule is CCCCCCC(CCCCCCC(CCCCCC)NCCCCCO)NCCCCCO. The Labute approximate surface area is 214 Å². The minimum Gasteiger partial charge on any atom is -0.396 e. The van der Waals surface area contributed by atoms with Crippen molar-refractivity contribution in [1.29, 1.82) is 0 Å². The third kappa shape index (κ3) is 24.9. The van der Waals surface area contributed by atoms with Crippen LogP contribution in [0.2, 0.25) is 0 Å². The number of hydrogen-bond acceptors (Lipinski definition) is 4. The van der Waals surface area contributed by atoms with Gasteiger partial charge in [-0.2, -0.15) is 0 Å². The molecule has 206 valence electrons. The summed E-state index contributed by atoms with van der Waals surface area (Å²) in [6, 6.07) is 1.38. The van der Waals surface area contributed by atoms with Crippen molar-refractivity contribution < 1.29 is 10.2 Å². The van der Waals surface area contributed by atoms with Crippen LogP contribution in [0.4, 0.5) is 0 Å². The van der Waals surface area contributed by atoms with Gasteiger partial charge >= 0.3 is 0 Å². The smallest absolute Gasteiger partial charge is 0.0431 e. The van der Waals surface area contributed by atoms with Gasteiger partial charge in [-0.05, 0) is 77.3 Å². The van der Waals surface area contributed by atoms with Gasteiger partial charge in [-0.25, -0.2) is 0 Å². The van der Waals surface area contributed by atoms with E-state index in [1.54, 1.807) is 0 Å². The van der Waals surface area contributed by atoms with Crippen LogP contribution in [0.3, 0.4) is 0 Å². The molecule has 0 saturated heterocycles. The van der Waals surface area contributed by atoms with Crippen molar-refractivity contribution in [2.24, 2.45) is 0 Å². The van der Waals surface area contributed by atoms with Gasteiger partial charge in [0, 0.05) is 25.3 Å². The highest BCUT2D eigenvalue weighted by atomic mass is 16.3. The van der Waals surface area contributed by atoms with Crippen LogP contribution in [0.25, 0.3) is 0 Å². The summed E-state index contributed by atoms with van der Waals surface area (Å²) in [5.41, 5.74) is 0. The summed E-state index contributed by atoms with van der Waals surface area (Å²) in [5, 5.41) is 25.6. The molecule has 0 rings (SSSR count). The molecule has 0 heterocycles. The Bertz CT molecular complexity index is 334. The van der Waals surface area contributed by atoms with Crippen molar-refractivity contribution in [3.8, 4) is 0 Å². The van der Waals surface area contributed by atoms with Gasteiger partial charge in [-0.1, -0.05) is 90.9 Å². The van der Waals surface area contributed by atoms with E-state index in [2.05, 4.69) is 24.5 Å². The molecule has 0 fully saturated rings. The molecule has 0 saturated carbocycles. The maximum Gasteiger partial charge on any atom is 0.0431 e. The first-order chi connectivity index (χ1) is 16.8. The van der Waals surface area contributed by atoms with Gasteiger partial charge in [0.2, 0.25) is 0 Å². The van der Waals surface area contributed by atoms with Crippen molar-refractivity contribution >= 4 is 0 Å². The molecular weight excluding hydrogens is 420 g/mol. The quantitative estimate of drug-likeness (QED) is 0.0829. The number of aliphatic hydroxyl groups excluding tert-OH is 2. The summed E-state index contributed by atoms with van der Waals surface area (Å²) in [4.78, 5) is 0. The molecule has 0 spiro atoms. The number of rotatable bonds is 29. The predicted molar refractivity (Wildman–Crippen MR) is 151 cm³/mol. The Balaban J connectivity index is 4.09. The molecule has 0 aromatic rings. The van der Waals surface area contributed by atoms with E-state index in [0.717, 1.165) is 38.8 Å². The first-order valence-electron chi connectivity index (χ1n) is 15.5. The van der Waals surface area contributed by atoms with Crippen LogP contribution < -0.4 is 10.6 Å². The maximum absolute atomic E-state index is 8.97. The van der Waals surface area contributed by atoms with Gasteiger partial charge in [0.1, 0.15) is 0 Å². The summed E-state index contributed by atoms with van der Waals surface area (Å²) in [6.45, 7) is 7.47. The second-order valence-corrected chi connectivity index (χ2v) is 10.6. The number of unbranched alkanes of at least 4 members (excludes halogenated alkanes) is 13. The Kier molecular flexibility index (Phi) is 28.9. The van der Waals surface area contributed by atoms with E-state index < -0.39 is 0 Å². The average molecular weight is 485 g/mol. The fourth-order valence-corrected chi connectivity index (χ4v) is 4.91. The van der Waals surface area contributed by atoms with Crippen LogP contribution in [0.1, 0.15) is 155 Å². The first-order valence-corrected chi connectivity index (χ1v) is 15.5. The van der Waals surface area contributed by atoms with Crippen molar-refractivity contribution in [2.45, 2.75) is 167 Å². The topological polar surface area (TPSA) is 64.5 Å². The largest absolute Gasteiger partial charge is 0.396 e. The first kappa shape index (κ1) is 33.8. The summed E-state index contributed by atoms with van der Waals surface area (Å²) in [6.07, 6.45) is 28.2. The minimum absolute atomic E-state index is 0.333. The molecule has 0 aliphatic heterocycles. The third-order valence-electron chi connectivity index (χ3n) is 7.20. The van der Waals surface area contributed by atoms with E-state index in [1.807, 2.05) is 0 Å². The lowest BCUT2D eigenvalue weighted by atomic mass is 9.98. The van der Waals surface area contributed by atoms with Crippen molar-refractivity contribution in [2.75, 3.05) is 26.3 Å². The molecule has 0 aliphatic rings. The average Bonchev–Trinajstić information content (AvgIpc) is 2.85. The lowest BCUT2D eigenvalue weighted by Gasteiger charge is -2.20. The van der Waals surface area contributed by atoms with Gasteiger partial charge in [0.15, 0.2) is 0 Å². The highest BCUT2D eigenvalue weighted by Crippen LogP contribution is 2.16. The maximum atomic E-state index is 8.97. The zero-order valence-corrected chi connectivity index (χ0v) is 23.4. The fourth-order valence-electron chi connectivity index (χ4n) is 4.91. The van der Waals surface area contributed by atoms with Gasteiger partial charge in [-0.15, -0.1) is 0 Å². The molecule has 0 aromatic carbocycles. The standard InChI is InChI=1S/C30H64N2O2/c1-3-5-7-13-21-29(31-25-17-11-19-27-33)23-15-9-10-16-24-30(22-14-8-6-4-2)32-26-18-12-20-28-34/h29-34H,3-28H2,1-2H3. The van der Waals surface area contributed by atoms with Crippen LogP contribution in [-0.4, -0.2) is 48.6 Å². The molecule has 34 heavy (non-hydrogen) atoms.